The lowest BCUT2D eigenvalue weighted by molar-refractivity contribution is -0.0250. The predicted molar refractivity (Wildman–Crippen MR) is 92.5 cm³/mol. The number of aliphatic hydroxyl groups excluding tert-OH is 1. The highest BCUT2D eigenvalue weighted by Crippen LogP contribution is 2.34. The van der Waals surface area contributed by atoms with Crippen molar-refractivity contribution in [3.8, 4) is 11.4 Å². The minimum absolute atomic E-state index is 0.128. The summed E-state index contributed by atoms with van der Waals surface area (Å²) in [4.78, 5) is 9.02. The number of para-hydroxylation sites is 1. The maximum absolute atomic E-state index is 9.97. The van der Waals surface area contributed by atoms with Crippen LogP contribution < -0.4 is 0 Å². The number of nitrogens with zero attached hydrogens (tertiary/aromatic N) is 3. The van der Waals surface area contributed by atoms with Crippen LogP contribution in [0.3, 0.4) is 0 Å². The second-order valence-electron chi connectivity index (χ2n) is 6.52. The van der Waals surface area contributed by atoms with E-state index in [1.165, 1.54) is 0 Å². The highest BCUT2D eigenvalue weighted by Gasteiger charge is 2.33. The third-order valence-corrected chi connectivity index (χ3v) is 5.00. The van der Waals surface area contributed by atoms with Crippen LogP contribution in [0.5, 0.6) is 0 Å². The third-order valence-electron chi connectivity index (χ3n) is 5.00. The number of hydrogen-bond acceptors (Lipinski definition) is 4. The molecule has 0 saturated carbocycles. The lowest BCUT2D eigenvalue weighted by atomic mass is 9.81. The Kier molecular flexibility index (Phi) is 4.04. The van der Waals surface area contributed by atoms with Crippen LogP contribution in [-0.4, -0.2) is 39.5 Å². The minimum Gasteiger partial charge on any atom is -0.396 e. The Morgan fingerprint density at radius 2 is 1.92 bits per heavy atom. The number of ether oxygens (including phenoxy) is 1. The summed E-state index contributed by atoms with van der Waals surface area (Å²) >= 11 is 0. The van der Waals surface area contributed by atoms with Gasteiger partial charge in [-0.25, -0.2) is 4.98 Å². The van der Waals surface area contributed by atoms with Gasteiger partial charge in [-0.3, -0.25) is 4.98 Å². The number of benzene rings is 1. The number of imidazole rings is 1. The number of pyridine rings is 1. The van der Waals surface area contributed by atoms with Gasteiger partial charge in [0.05, 0.1) is 12.1 Å². The molecule has 24 heavy (non-hydrogen) atoms. The fourth-order valence-corrected chi connectivity index (χ4v) is 3.50. The van der Waals surface area contributed by atoms with Crippen molar-refractivity contribution in [3.63, 3.8) is 0 Å². The first-order valence-corrected chi connectivity index (χ1v) is 8.35. The molecule has 124 valence electrons. The van der Waals surface area contributed by atoms with E-state index in [4.69, 9.17) is 4.74 Å². The van der Waals surface area contributed by atoms with E-state index in [1.807, 2.05) is 42.9 Å². The largest absolute Gasteiger partial charge is 0.396 e. The zero-order valence-electron chi connectivity index (χ0n) is 13.6. The van der Waals surface area contributed by atoms with E-state index < -0.39 is 0 Å². The number of aromatic nitrogens is 3. The fraction of sp³-hybridized carbons (Fsp3) is 0.368. The monoisotopic (exact) mass is 323 g/mol. The summed E-state index contributed by atoms with van der Waals surface area (Å²) in [6, 6.07) is 10.1. The van der Waals surface area contributed by atoms with Gasteiger partial charge in [-0.1, -0.05) is 18.2 Å². The zero-order valence-corrected chi connectivity index (χ0v) is 13.6. The summed E-state index contributed by atoms with van der Waals surface area (Å²) in [5, 5.41) is 11.1. The summed E-state index contributed by atoms with van der Waals surface area (Å²) in [5.41, 5.74) is 1.91. The van der Waals surface area contributed by atoms with Crippen LogP contribution in [0.25, 0.3) is 22.3 Å². The normalized spacial score (nSPS) is 17.2. The average molecular weight is 323 g/mol. The molecule has 3 aromatic rings. The summed E-state index contributed by atoms with van der Waals surface area (Å²) in [6.45, 7) is 2.34. The predicted octanol–water partition coefficient (Wildman–Crippen LogP) is 2.89. The quantitative estimate of drug-likeness (QED) is 0.802. The Morgan fingerprint density at radius 3 is 2.75 bits per heavy atom. The van der Waals surface area contributed by atoms with Crippen molar-refractivity contribution < 1.29 is 9.84 Å². The third kappa shape index (κ3) is 2.70. The van der Waals surface area contributed by atoms with Crippen molar-refractivity contribution >= 4 is 10.9 Å². The lowest BCUT2D eigenvalue weighted by Crippen LogP contribution is -2.37. The van der Waals surface area contributed by atoms with Crippen molar-refractivity contribution in [3.05, 3.63) is 48.9 Å². The fourth-order valence-electron chi connectivity index (χ4n) is 3.50. The van der Waals surface area contributed by atoms with Gasteiger partial charge in [0.2, 0.25) is 0 Å². The molecule has 5 nitrogen and oxygen atoms in total. The summed E-state index contributed by atoms with van der Waals surface area (Å²) in [5.74, 6) is 0.924. The van der Waals surface area contributed by atoms with Crippen molar-refractivity contribution in [2.24, 2.45) is 5.41 Å². The summed E-state index contributed by atoms with van der Waals surface area (Å²) < 4.78 is 7.63. The highest BCUT2D eigenvalue weighted by molar-refractivity contribution is 5.92. The molecule has 0 aliphatic carbocycles. The first kappa shape index (κ1) is 15.3. The van der Waals surface area contributed by atoms with E-state index >= 15 is 0 Å². The molecule has 2 aromatic heterocycles. The smallest absolute Gasteiger partial charge is 0.140 e. The SMILES string of the molecule is OCC1(Cn2ccnc2-c2ccnc3ccccc23)CCOCC1. The van der Waals surface area contributed by atoms with Crippen molar-refractivity contribution in [2.45, 2.75) is 19.4 Å². The van der Waals surface area contributed by atoms with Crippen LogP contribution in [0.2, 0.25) is 0 Å². The van der Waals surface area contributed by atoms with Gasteiger partial charge >= 0.3 is 0 Å². The van der Waals surface area contributed by atoms with Crippen LogP contribution >= 0.6 is 0 Å². The lowest BCUT2D eigenvalue weighted by Gasteiger charge is -2.36. The minimum atomic E-state index is -0.128. The van der Waals surface area contributed by atoms with Crippen molar-refractivity contribution in [1.29, 1.82) is 0 Å². The molecule has 1 saturated heterocycles. The number of rotatable bonds is 4. The Bertz CT molecular complexity index is 832. The van der Waals surface area contributed by atoms with Gasteiger partial charge in [-0.05, 0) is 25.0 Å². The second kappa shape index (κ2) is 6.34. The van der Waals surface area contributed by atoms with Gasteiger partial charge in [-0.2, -0.15) is 0 Å². The molecular weight excluding hydrogens is 302 g/mol. The second-order valence-corrected chi connectivity index (χ2v) is 6.52. The molecule has 4 rings (SSSR count). The summed E-state index contributed by atoms with van der Waals surface area (Å²) in [7, 11) is 0. The van der Waals surface area contributed by atoms with Gasteiger partial charge in [0.1, 0.15) is 5.82 Å². The number of hydrogen-bond donors (Lipinski definition) is 1. The molecule has 0 atom stereocenters. The zero-order chi connectivity index (χ0) is 16.4. The molecule has 1 fully saturated rings. The van der Waals surface area contributed by atoms with Gasteiger partial charge in [0.15, 0.2) is 0 Å². The van der Waals surface area contributed by atoms with Crippen molar-refractivity contribution in [2.75, 3.05) is 19.8 Å². The molecule has 5 heteroatoms. The van der Waals surface area contributed by atoms with Crippen molar-refractivity contribution in [1.82, 2.24) is 14.5 Å². The Morgan fingerprint density at radius 1 is 1.08 bits per heavy atom. The van der Waals surface area contributed by atoms with Gasteiger partial charge in [0, 0.05) is 54.7 Å². The molecule has 0 bridgehead atoms. The van der Waals surface area contributed by atoms with Crippen LogP contribution in [0, 0.1) is 5.41 Å². The van der Waals surface area contributed by atoms with E-state index in [1.54, 1.807) is 0 Å². The van der Waals surface area contributed by atoms with E-state index in [2.05, 4.69) is 20.6 Å². The molecule has 1 aromatic carbocycles. The molecule has 0 spiro atoms. The standard InChI is InChI=1S/C19H21N3O2/c23-14-19(6-11-24-12-7-19)13-22-10-9-21-18(22)16-5-8-20-17-4-2-1-3-15(16)17/h1-5,8-10,23H,6-7,11-14H2. The number of aliphatic hydroxyl groups is 1. The van der Waals surface area contributed by atoms with Gasteiger partial charge in [-0.15, -0.1) is 0 Å². The van der Waals surface area contributed by atoms with Crippen LogP contribution in [0.15, 0.2) is 48.9 Å². The van der Waals surface area contributed by atoms with Gasteiger partial charge in [0.25, 0.3) is 0 Å². The Labute approximate surface area is 140 Å². The Hall–Kier alpha value is -2.24. The first-order valence-electron chi connectivity index (χ1n) is 8.35. The molecule has 3 heterocycles. The molecule has 0 unspecified atom stereocenters. The van der Waals surface area contributed by atoms with Gasteiger partial charge < -0.3 is 14.4 Å². The summed E-state index contributed by atoms with van der Waals surface area (Å²) in [6.07, 6.45) is 7.40. The maximum atomic E-state index is 9.97. The van der Waals surface area contributed by atoms with Crippen LogP contribution in [0.4, 0.5) is 0 Å². The van der Waals surface area contributed by atoms with E-state index in [-0.39, 0.29) is 12.0 Å². The van der Waals surface area contributed by atoms with E-state index in [9.17, 15) is 5.11 Å². The first-order chi connectivity index (χ1) is 11.8. The molecule has 1 N–H and O–H groups in total. The molecule has 0 radical (unpaired) electrons. The highest BCUT2D eigenvalue weighted by atomic mass is 16.5. The topological polar surface area (TPSA) is 60.2 Å². The van der Waals surface area contributed by atoms with Crippen LogP contribution in [0.1, 0.15) is 12.8 Å². The molecule has 0 amide bonds. The number of fused-ring (bicyclic) bond motifs is 1. The molecular formula is C19H21N3O2. The Balaban J connectivity index is 1.74. The average Bonchev–Trinajstić information content (AvgIpc) is 3.09. The van der Waals surface area contributed by atoms with Crippen LogP contribution in [-0.2, 0) is 11.3 Å². The van der Waals surface area contributed by atoms with E-state index in [0.717, 1.165) is 41.7 Å². The molecule has 1 aliphatic heterocycles. The molecule has 1 aliphatic rings. The van der Waals surface area contributed by atoms with E-state index in [0.29, 0.717) is 13.2 Å². The maximum Gasteiger partial charge on any atom is 0.140 e.